The lowest BCUT2D eigenvalue weighted by atomic mass is 9.89. The van der Waals surface area contributed by atoms with Crippen LogP contribution in [0.25, 0.3) is 10.2 Å². The topological polar surface area (TPSA) is 127 Å². The van der Waals surface area contributed by atoms with Gasteiger partial charge in [-0.05, 0) is 55.0 Å². The molecule has 1 aliphatic rings. The Bertz CT molecular complexity index is 1130. The minimum atomic E-state index is -0.681. The van der Waals surface area contributed by atoms with Crippen LogP contribution in [0.5, 0.6) is 0 Å². The van der Waals surface area contributed by atoms with Gasteiger partial charge in [-0.1, -0.05) is 24.3 Å². The number of likely N-dealkylation sites (tertiary alicyclic amines) is 1. The van der Waals surface area contributed by atoms with Gasteiger partial charge in [-0.15, -0.1) is 0 Å². The molecule has 1 aromatic carbocycles. The largest absolute Gasteiger partial charge is 0.383 e. The molecule has 4 rings (SSSR count). The summed E-state index contributed by atoms with van der Waals surface area (Å²) in [6.07, 6.45) is 3.21. The van der Waals surface area contributed by atoms with E-state index in [9.17, 15) is 9.59 Å². The molecule has 2 atom stereocenters. The zero-order chi connectivity index (χ0) is 21.4. The highest BCUT2D eigenvalue weighted by Gasteiger charge is 2.34. The first-order chi connectivity index (χ1) is 14.3. The van der Waals surface area contributed by atoms with E-state index >= 15 is 0 Å². The van der Waals surface area contributed by atoms with Crippen LogP contribution < -0.4 is 16.8 Å². The number of carbonyl (C=O) groups excluding carboxylic acids is 2. The van der Waals surface area contributed by atoms with Crippen molar-refractivity contribution < 1.29 is 9.59 Å². The van der Waals surface area contributed by atoms with Crippen molar-refractivity contribution in [1.82, 2.24) is 14.9 Å². The Hall–Kier alpha value is -3.20. The Morgan fingerprint density at radius 3 is 2.80 bits per heavy atom. The number of amides is 2. The van der Waals surface area contributed by atoms with Crippen LogP contribution in [0.15, 0.2) is 30.5 Å². The monoisotopic (exact) mass is 424 g/mol. The Morgan fingerprint density at radius 2 is 2.03 bits per heavy atom. The number of aromatic nitrogens is 2. The lowest BCUT2D eigenvalue weighted by Gasteiger charge is -2.38. The number of hydrogen-bond acceptors (Lipinski definition) is 7. The highest BCUT2D eigenvalue weighted by atomic mass is 32.1. The zero-order valence-corrected chi connectivity index (χ0v) is 17.7. The first kappa shape index (κ1) is 20.1. The number of nitrogen functional groups attached to an aromatic ring is 2. The van der Waals surface area contributed by atoms with Crippen molar-refractivity contribution >= 4 is 50.0 Å². The van der Waals surface area contributed by atoms with E-state index in [1.165, 1.54) is 17.5 Å². The van der Waals surface area contributed by atoms with Crippen LogP contribution in [-0.4, -0.2) is 33.2 Å². The van der Waals surface area contributed by atoms with Crippen LogP contribution in [0.1, 0.15) is 36.9 Å². The van der Waals surface area contributed by atoms with Crippen LogP contribution in [0.3, 0.4) is 0 Å². The van der Waals surface area contributed by atoms with Gasteiger partial charge in [0.15, 0.2) is 5.13 Å². The minimum absolute atomic E-state index is 0.182. The maximum atomic E-state index is 13.1. The zero-order valence-electron chi connectivity index (χ0n) is 16.9. The summed E-state index contributed by atoms with van der Waals surface area (Å²) in [6.45, 7) is 4.41. The van der Waals surface area contributed by atoms with Crippen LogP contribution >= 0.6 is 11.3 Å². The highest BCUT2D eigenvalue weighted by Crippen LogP contribution is 2.35. The predicted molar refractivity (Wildman–Crippen MR) is 119 cm³/mol. The molecule has 1 saturated heterocycles. The number of hydrogen-bond donors (Lipinski definition) is 3. The summed E-state index contributed by atoms with van der Waals surface area (Å²) >= 11 is 1.43. The van der Waals surface area contributed by atoms with E-state index < -0.39 is 11.8 Å². The average molecular weight is 425 g/mol. The summed E-state index contributed by atoms with van der Waals surface area (Å²) in [5.41, 5.74) is 14.5. The maximum absolute atomic E-state index is 13.1. The highest BCUT2D eigenvalue weighted by molar-refractivity contribution is 7.22. The molecule has 2 amide bonds. The van der Waals surface area contributed by atoms with E-state index in [0.29, 0.717) is 29.1 Å². The lowest BCUT2D eigenvalue weighted by Crippen LogP contribution is -2.46. The Kier molecular flexibility index (Phi) is 5.29. The molecule has 0 spiro atoms. The van der Waals surface area contributed by atoms with Crippen LogP contribution in [0, 0.1) is 12.8 Å². The molecule has 2 aromatic heterocycles. The number of anilines is 3. The molecular weight excluding hydrogens is 400 g/mol. The number of benzene rings is 1. The van der Waals surface area contributed by atoms with Gasteiger partial charge >= 0.3 is 11.8 Å². The Labute approximate surface area is 178 Å². The summed E-state index contributed by atoms with van der Waals surface area (Å²) in [4.78, 5) is 35.9. The number of nitrogens with two attached hydrogens (primary N) is 2. The normalized spacial score (nSPS) is 19.1. The fourth-order valence-corrected chi connectivity index (χ4v) is 4.58. The molecule has 0 aliphatic carbocycles. The molecule has 3 heterocycles. The predicted octanol–water partition coefficient (Wildman–Crippen LogP) is 3.10. The molecule has 1 aliphatic heterocycles. The van der Waals surface area contributed by atoms with Gasteiger partial charge in [-0.3, -0.25) is 9.59 Å². The van der Waals surface area contributed by atoms with Crippen LogP contribution in [0.4, 0.5) is 16.6 Å². The van der Waals surface area contributed by atoms with Gasteiger partial charge in [0.05, 0.1) is 28.1 Å². The molecule has 0 bridgehead atoms. The van der Waals surface area contributed by atoms with Gasteiger partial charge in [0.25, 0.3) is 0 Å². The molecular formula is C21H24N6O2S. The van der Waals surface area contributed by atoms with Crippen molar-refractivity contribution in [3.8, 4) is 0 Å². The number of carbonyl (C=O) groups is 2. The quantitative estimate of drug-likeness (QED) is 0.543. The molecule has 5 N–H and O–H groups in total. The maximum Gasteiger partial charge on any atom is 0.313 e. The first-order valence-corrected chi connectivity index (χ1v) is 10.6. The summed E-state index contributed by atoms with van der Waals surface area (Å²) < 4.78 is 1.00. The summed E-state index contributed by atoms with van der Waals surface area (Å²) in [6, 6.07) is 7.45. The van der Waals surface area contributed by atoms with E-state index in [4.69, 9.17) is 11.5 Å². The second kappa shape index (κ2) is 7.91. The summed E-state index contributed by atoms with van der Waals surface area (Å²) in [7, 11) is 0. The van der Waals surface area contributed by atoms with Crippen molar-refractivity contribution in [2.24, 2.45) is 5.92 Å². The molecule has 30 heavy (non-hydrogen) atoms. The standard InChI is InChI=1S/C21H24N6O2S/c1-11-3-5-16(13-4-6-17-15(8-13)26-21(23)30-17)27(10-11)20(29)19(28)25-14-7-12(2)18(22)24-9-14/h4,6-9,11,16H,3,5,10H2,1-2H3,(H2,22,24)(H2,23,26)(H,25,28). The van der Waals surface area contributed by atoms with Gasteiger partial charge in [-0.25, -0.2) is 9.97 Å². The SMILES string of the molecule is Cc1cc(NC(=O)C(=O)N2CC(C)CCC2c2ccc3sc(N)nc3c2)cnc1N. The first-order valence-electron chi connectivity index (χ1n) is 9.82. The number of pyridine rings is 1. The molecule has 156 valence electrons. The van der Waals surface area contributed by atoms with Gasteiger partial charge < -0.3 is 21.7 Å². The third kappa shape index (κ3) is 3.93. The number of aryl methyl sites for hydroxylation is 1. The fraction of sp³-hybridized carbons (Fsp3) is 0.333. The van der Waals surface area contributed by atoms with Gasteiger partial charge in [-0.2, -0.15) is 0 Å². The van der Waals surface area contributed by atoms with Gasteiger partial charge in [0, 0.05) is 6.54 Å². The van der Waals surface area contributed by atoms with Crippen molar-refractivity contribution in [2.75, 3.05) is 23.3 Å². The van der Waals surface area contributed by atoms with E-state index in [1.54, 1.807) is 17.9 Å². The fourth-order valence-electron chi connectivity index (χ4n) is 3.86. The minimum Gasteiger partial charge on any atom is -0.383 e. The van der Waals surface area contributed by atoms with Crippen LogP contribution in [0.2, 0.25) is 0 Å². The molecule has 2 unspecified atom stereocenters. The van der Waals surface area contributed by atoms with Crippen molar-refractivity contribution in [3.63, 3.8) is 0 Å². The van der Waals surface area contributed by atoms with Crippen LogP contribution in [-0.2, 0) is 9.59 Å². The number of thiazole rings is 1. The third-order valence-corrected chi connectivity index (χ3v) is 6.33. The number of rotatable bonds is 2. The number of fused-ring (bicyclic) bond motifs is 1. The van der Waals surface area contributed by atoms with Gasteiger partial charge in [0.1, 0.15) is 5.82 Å². The van der Waals surface area contributed by atoms with Crippen molar-refractivity contribution in [3.05, 3.63) is 41.6 Å². The molecule has 8 nitrogen and oxygen atoms in total. The number of piperidine rings is 1. The third-order valence-electron chi connectivity index (χ3n) is 5.46. The van der Waals surface area contributed by atoms with E-state index in [-0.39, 0.29) is 6.04 Å². The Balaban J connectivity index is 1.58. The lowest BCUT2D eigenvalue weighted by molar-refractivity contribution is -0.146. The second-order valence-electron chi connectivity index (χ2n) is 7.82. The summed E-state index contributed by atoms with van der Waals surface area (Å²) in [5.74, 6) is -0.530. The van der Waals surface area contributed by atoms with Crippen molar-refractivity contribution in [2.45, 2.75) is 32.7 Å². The number of nitrogens with one attached hydrogen (secondary N) is 1. The average Bonchev–Trinajstić information content (AvgIpc) is 3.09. The molecule has 0 saturated carbocycles. The molecule has 3 aromatic rings. The van der Waals surface area contributed by atoms with E-state index in [2.05, 4.69) is 22.2 Å². The van der Waals surface area contributed by atoms with Gasteiger partial charge in [0.2, 0.25) is 0 Å². The molecule has 0 radical (unpaired) electrons. The van der Waals surface area contributed by atoms with E-state index in [0.717, 1.165) is 34.2 Å². The smallest absolute Gasteiger partial charge is 0.313 e. The Morgan fingerprint density at radius 1 is 1.23 bits per heavy atom. The molecule has 1 fully saturated rings. The summed E-state index contributed by atoms with van der Waals surface area (Å²) in [5, 5.41) is 3.16. The van der Waals surface area contributed by atoms with Crippen molar-refractivity contribution in [1.29, 1.82) is 0 Å². The second-order valence-corrected chi connectivity index (χ2v) is 8.88. The number of nitrogens with zero attached hydrogens (tertiary/aromatic N) is 3. The van der Waals surface area contributed by atoms with E-state index in [1.807, 2.05) is 18.2 Å². The molecule has 9 heteroatoms.